The predicted molar refractivity (Wildman–Crippen MR) is 137 cm³/mol. The van der Waals surface area contributed by atoms with Gasteiger partial charge in [0.1, 0.15) is 11.6 Å². The Balaban J connectivity index is 1.31. The Morgan fingerprint density at radius 3 is 2.64 bits per heavy atom. The molecule has 1 aromatic heterocycles. The zero-order valence-corrected chi connectivity index (χ0v) is 20.7. The predicted octanol–water partition coefficient (Wildman–Crippen LogP) is 4.37. The molecule has 0 saturated carbocycles. The number of anilines is 1. The van der Waals surface area contributed by atoms with Crippen molar-refractivity contribution in [2.45, 2.75) is 26.3 Å². The van der Waals surface area contributed by atoms with Crippen LogP contribution in [0.3, 0.4) is 0 Å². The van der Waals surface area contributed by atoms with E-state index in [1.54, 1.807) is 24.4 Å². The lowest BCUT2D eigenvalue weighted by Gasteiger charge is -2.30. The van der Waals surface area contributed by atoms with Gasteiger partial charge >= 0.3 is 0 Å². The number of carbonyl (C=O) groups excluding carboxylic acids is 1. The summed E-state index contributed by atoms with van der Waals surface area (Å²) in [6.45, 7) is 5.57. The van der Waals surface area contributed by atoms with Crippen molar-refractivity contribution in [3.63, 3.8) is 0 Å². The van der Waals surface area contributed by atoms with Gasteiger partial charge in [0.15, 0.2) is 0 Å². The van der Waals surface area contributed by atoms with Crippen LogP contribution in [0, 0.1) is 12.7 Å². The third-order valence-corrected chi connectivity index (χ3v) is 6.71. The summed E-state index contributed by atoms with van der Waals surface area (Å²) in [7, 11) is 1.64. The van der Waals surface area contributed by atoms with Crippen molar-refractivity contribution in [2.24, 2.45) is 0 Å². The number of aryl methyl sites for hydroxylation is 1. The summed E-state index contributed by atoms with van der Waals surface area (Å²) >= 11 is 0. The number of benzene rings is 2. The minimum Gasteiger partial charge on any atom is -0.495 e. The van der Waals surface area contributed by atoms with Gasteiger partial charge in [-0.2, -0.15) is 0 Å². The molecule has 7 nitrogen and oxygen atoms in total. The average molecular weight is 491 g/mol. The normalized spacial score (nSPS) is 17.6. The van der Waals surface area contributed by atoms with Gasteiger partial charge in [0, 0.05) is 37.9 Å². The maximum Gasteiger partial charge on any atom is 0.250 e. The van der Waals surface area contributed by atoms with Gasteiger partial charge in [-0.3, -0.25) is 4.79 Å². The van der Waals surface area contributed by atoms with Gasteiger partial charge in [-0.25, -0.2) is 9.37 Å². The largest absolute Gasteiger partial charge is 0.495 e. The number of halogens is 1. The molecular weight excluding hydrogens is 459 g/mol. The van der Waals surface area contributed by atoms with Crippen molar-refractivity contribution in [3.8, 4) is 11.4 Å². The molecule has 0 aliphatic carbocycles. The third kappa shape index (κ3) is 5.14. The number of hydrogen-bond donors (Lipinski definition) is 0. The van der Waals surface area contributed by atoms with Crippen LogP contribution in [0.1, 0.15) is 29.7 Å². The number of hydrogen-bond acceptors (Lipinski definition) is 5. The summed E-state index contributed by atoms with van der Waals surface area (Å²) in [5.74, 6) is 0.444. The minimum absolute atomic E-state index is 0.00723. The van der Waals surface area contributed by atoms with Crippen molar-refractivity contribution in [1.82, 2.24) is 14.5 Å². The van der Waals surface area contributed by atoms with Crippen LogP contribution >= 0.6 is 0 Å². The lowest BCUT2D eigenvalue weighted by Crippen LogP contribution is -2.37. The van der Waals surface area contributed by atoms with E-state index in [0.717, 1.165) is 34.5 Å². The summed E-state index contributed by atoms with van der Waals surface area (Å²) in [6.07, 6.45) is 7.21. The molecule has 1 amide bonds. The first-order valence-electron chi connectivity index (χ1n) is 12.3. The van der Waals surface area contributed by atoms with Crippen LogP contribution in [0.15, 0.2) is 54.5 Å². The molecule has 3 aromatic rings. The number of amides is 1. The number of aromatic nitrogens is 2. The number of likely N-dealkylation sites (tertiary alicyclic amines) is 1. The molecule has 0 N–H and O–H groups in total. The molecular formula is C28H31FN4O3. The van der Waals surface area contributed by atoms with Crippen LogP contribution in [-0.2, 0) is 16.1 Å². The molecule has 0 bridgehead atoms. The third-order valence-electron chi connectivity index (χ3n) is 6.71. The molecule has 2 aliphatic heterocycles. The summed E-state index contributed by atoms with van der Waals surface area (Å²) < 4.78 is 27.8. The van der Waals surface area contributed by atoms with E-state index >= 15 is 0 Å². The van der Waals surface area contributed by atoms with Gasteiger partial charge in [0.2, 0.25) is 5.91 Å². The Bertz CT molecular complexity index is 1280. The van der Waals surface area contributed by atoms with E-state index in [4.69, 9.17) is 9.47 Å². The van der Waals surface area contributed by atoms with Crippen molar-refractivity contribution in [1.29, 1.82) is 0 Å². The van der Waals surface area contributed by atoms with Crippen molar-refractivity contribution in [2.75, 3.05) is 44.9 Å². The highest BCUT2D eigenvalue weighted by Gasteiger charge is 2.24. The Morgan fingerprint density at radius 2 is 1.92 bits per heavy atom. The smallest absolute Gasteiger partial charge is 0.250 e. The van der Waals surface area contributed by atoms with Crippen molar-refractivity contribution < 1.29 is 18.7 Å². The minimum atomic E-state index is -0.255. The topological polar surface area (TPSA) is 59.8 Å². The van der Waals surface area contributed by atoms with Gasteiger partial charge in [-0.1, -0.05) is 12.1 Å². The Labute approximate surface area is 210 Å². The molecule has 0 atom stereocenters. The first-order valence-corrected chi connectivity index (χ1v) is 12.3. The van der Waals surface area contributed by atoms with Gasteiger partial charge in [-0.05, 0) is 61.2 Å². The number of ether oxygens (including phenoxy) is 2. The lowest BCUT2D eigenvalue weighted by molar-refractivity contribution is -0.129. The molecule has 0 spiro atoms. The van der Waals surface area contributed by atoms with Crippen molar-refractivity contribution >= 4 is 17.7 Å². The fourth-order valence-corrected chi connectivity index (χ4v) is 4.84. The number of methoxy groups -OCH3 is 1. The lowest BCUT2D eigenvalue weighted by atomic mass is 10.00. The van der Waals surface area contributed by atoms with Gasteiger partial charge in [-0.15, -0.1) is 0 Å². The number of rotatable bonds is 6. The van der Waals surface area contributed by atoms with E-state index in [0.29, 0.717) is 57.3 Å². The Kier molecular flexibility index (Phi) is 7.04. The standard InChI is InChI=1S/C28H31FN4O3/c1-20-17-33(19-30-20)26-8-5-21(16-27(26)35-2)14-23-4-3-9-32(28(23)34)18-22-6-7-25(24(29)15-22)31-10-12-36-13-11-31/h5-8,14-17,19H,3-4,9-13,18H2,1-2H3/b23-14+. The second kappa shape index (κ2) is 10.5. The highest BCUT2D eigenvalue weighted by molar-refractivity contribution is 5.98. The molecule has 2 saturated heterocycles. The molecule has 188 valence electrons. The molecule has 36 heavy (non-hydrogen) atoms. The van der Waals surface area contributed by atoms with Crippen LogP contribution in [0.4, 0.5) is 10.1 Å². The first kappa shape index (κ1) is 24.1. The van der Waals surface area contributed by atoms with Gasteiger partial charge < -0.3 is 23.8 Å². The molecule has 2 aliphatic rings. The summed E-state index contributed by atoms with van der Waals surface area (Å²) in [5, 5.41) is 0. The zero-order valence-electron chi connectivity index (χ0n) is 20.7. The number of piperidine rings is 1. The van der Waals surface area contributed by atoms with Crippen molar-refractivity contribution in [3.05, 3.63) is 77.1 Å². The van der Waals surface area contributed by atoms with Crippen LogP contribution in [-0.4, -0.2) is 60.3 Å². The second-order valence-electron chi connectivity index (χ2n) is 9.24. The first-order chi connectivity index (χ1) is 17.5. The van der Waals surface area contributed by atoms with Crippen LogP contribution in [0.25, 0.3) is 11.8 Å². The molecule has 5 rings (SSSR count). The SMILES string of the molecule is COc1cc(/C=C2\CCCN(Cc3ccc(N4CCOCC4)c(F)c3)C2=O)ccc1-n1cnc(C)c1. The van der Waals surface area contributed by atoms with E-state index in [2.05, 4.69) is 4.98 Å². The molecule has 2 aromatic carbocycles. The van der Waals surface area contributed by atoms with E-state index in [1.165, 1.54) is 0 Å². The van der Waals surface area contributed by atoms with Crippen LogP contribution in [0.2, 0.25) is 0 Å². The number of carbonyl (C=O) groups is 1. The molecule has 8 heteroatoms. The van der Waals surface area contributed by atoms with Gasteiger partial charge in [0.25, 0.3) is 0 Å². The van der Waals surface area contributed by atoms with Gasteiger partial charge in [0.05, 0.1) is 43.7 Å². The summed E-state index contributed by atoms with van der Waals surface area (Å²) in [6, 6.07) is 11.2. The number of nitrogens with zero attached hydrogens (tertiary/aromatic N) is 4. The molecule has 0 radical (unpaired) electrons. The Morgan fingerprint density at radius 1 is 1.11 bits per heavy atom. The summed E-state index contributed by atoms with van der Waals surface area (Å²) in [5.41, 5.74) is 4.85. The van der Waals surface area contributed by atoms with E-state index in [-0.39, 0.29) is 11.7 Å². The second-order valence-corrected chi connectivity index (χ2v) is 9.24. The highest BCUT2D eigenvalue weighted by atomic mass is 19.1. The highest BCUT2D eigenvalue weighted by Crippen LogP contribution is 2.28. The van der Waals surface area contributed by atoms with E-state index < -0.39 is 0 Å². The Hall–Kier alpha value is -3.65. The number of morpholine rings is 1. The monoisotopic (exact) mass is 490 g/mol. The summed E-state index contributed by atoms with van der Waals surface area (Å²) in [4.78, 5) is 21.4. The maximum absolute atomic E-state index is 14.9. The number of imidazole rings is 1. The fraction of sp³-hybridized carbons (Fsp3) is 0.357. The van der Waals surface area contributed by atoms with Crippen LogP contribution < -0.4 is 9.64 Å². The molecule has 3 heterocycles. The van der Waals surface area contributed by atoms with E-state index in [9.17, 15) is 9.18 Å². The maximum atomic E-state index is 14.9. The average Bonchev–Trinajstić information content (AvgIpc) is 3.33. The zero-order chi connectivity index (χ0) is 25.1. The fourth-order valence-electron chi connectivity index (χ4n) is 4.84. The molecule has 0 unspecified atom stereocenters. The van der Waals surface area contributed by atoms with Crippen LogP contribution in [0.5, 0.6) is 5.75 Å². The van der Waals surface area contributed by atoms with E-state index in [1.807, 2.05) is 59.0 Å². The quantitative estimate of drug-likeness (QED) is 0.481. The molecule has 2 fully saturated rings.